The summed E-state index contributed by atoms with van der Waals surface area (Å²) in [7, 11) is 0. The van der Waals surface area contributed by atoms with Crippen molar-refractivity contribution in [2.24, 2.45) is 69.5 Å². The zero-order valence-electron chi connectivity index (χ0n) is 51.8. The average molecular weight is 900 g/mol. The van der Waals surface area contributed by atoms with Gasteiger partial charge >= 0.3 is 0 Å². The Labute approximate surface area is 410 Å². The summed E-state index contributed by atoms with van der Waals surface area (Å²) in [5.41, 5.74) is 1.83. The zero-order valence-corrected chi connectivity index (χ0v) is 51.8. The summed E-state index contributed by atoms with van der Waals surface area (Å²) >= 11 is 0. The van der Waals surface area contributed by atoms with Gasteiger partial charge < -0.3 is 0 Å². The Hall–Kier alpha value is 0. The molecule has 0 radical (unpaired) electrons. The molecule has 2 atom stereocenters. The monoisotopic (exact) mass is 899 g/mol. The fourth-order valence-corrected chi connectivity index (χ4v) is 3.52. The molecule has 1 unspecified atom stereocenters. The van der Waals surface area contributed by atoms with Crippen molar-refractivity contribution >= 4 is 0 Å². The molecule has 3 aliphatic rings. The molecule has 0 bridgehead atoms. The van der Waals surface area contributed by atoms with Crippen LogP contribution in [0.2, 0.25) is 0 Å². The molecule has 394 valence electrons. The largest absolute Gasteiger partial charge is 0.0654 e. The number of rotatable bonds is 13. The molecule has 0 amide bonds. The van der Waals surface area contributed by atoms with E-state index in [4.69, 9.17) is 0 Å². The molecular weight excluding hydrogens is 757 g/mol. The average Bonchev–Trinajstić information content (AvgIpc) is 4.16. The van der Waals surface area contributed by atoms with Crippen LogP contribution in [-0.4, -0.2) is 0 Å². The molecule has 0 aromatic carbocycles. The van der Waals surface area contributed by atoms with Crippen LogP contribution < -0.4 is 0 Å². The Kier molecular flexibility index (Phi) is 69.4. The lowest BCUT2D eigenvalue weighted by Gasteiger charge is -2.12. The molecule has 0 aliphatic heterocycles. The third-order valence-electron chi connectivity index (χ3n) is 13.0. The second-order valence-corrected chi connectivity index (χ2v) is 24.9. The van der Waals surface area contributed by atoms with E-state index in [2.05, 4.69) is 215 Å². The summed E-state index contributed by atoms with van der Waals surface area (Å²) in [6.45, 7) is 69.7. The molecule has 3 rings (SSSR count). The summed E-state index contributed by atoms with van der Waals surface area (Å²) in [5, 5.41) is 0. The van der Waals surface area contributed by atoms with Gasteiger partial charge in [0.05, 0.1) is 0 Å². The first-order chi connectivity index (χ1) is 28.8. The van der Waals surface area contributed by atoms with Gasteiger partial charge in [-0.1, -0.05) is 324 Å². The predicted octanol–water partition coefficient (Wildman–Crippen LogP) is 24.8. The summed E-state index contributed by atoms with van der Waals surface area (Å²) < 4.78 is 0. The van der Waals surface area contributed by atoms with Crippen molar-refractivity contribution < 1.29 is 0 Å². The minimum absolute atomic E-state index is 0.542. The Balaban J connectivity index is -0.0000000880. The van der Waals surface area contributed by atoms with Crippen LogP contribution >= 0.6 is 0 Å². The van der Waals surface area contributed by atoms with Gasteiger partial charge in [0.25, 0.3) is 0 Å². The lowest BCUT2D eigenvalue weighted by Crippen LogP contribution is -2.00. The van der Waals surface area contributed by atoms with Gasteiger partial charge in [0.1, 0.15) is 0 Å². The Bertz CT molecular complexity index is 684. The maximum absolute atomic E-state index is 2.30. The molecule has 0 heteroatoms. The van der Waals surface area contributed by atoms with Gasteiger partial charge in [-0.25, -0.2) is 0 Å². The third-order valence-corrected chi connectivity index (χ3v) is 13.0. The van der Waals surface area contributed by atoms with Crippen molar-refractivity contribution in [2.75, 3.05) is 0 Å². The van der Waals surface area contributed by atoms with E-state index in [0.29, 0.717) is 10.8 Å². The maximum Gasteiger partial charge on any atom is -0.0354 e. The van der Waals surface area contributed by atoms with Gasteiger partial charge in [0.15, 0.2) is 0 Å². The van der Waals surface area contributed by atoms with Crippen LogP contribution in [0.25, 0.3) is 0 Å². The minimum atomic E-state index is 0.542. The van der Waals surface area contributed by atoms with Crippen LogP contribution in [0.4, 0.5) is 0 Å². The van der Waals surface area contributed by atoms with E-state index in [-0.39, 0.29) is 0 Å². The third kappa shape index (κ3) is 121. The quantitative estimate of drug-likeness (QED) is 0.162. The van der Waals surface area contributed by atoms with E-state index >= 15 is 0 Å². The van der Waals surface area contributed by atoms with Crippen molar-refractivity contribution in [2.45, 2.75) is 343 Å². The second kappa shape index (κ2) is 54.6. The molecule has 0 heterocycles. The summed E-state index contributed by atoms with van der Waals surface area (Å²) in [6.07, 6.45) is 27.6. The highest BCUT2D eigenvalue weighted by molar-refractivity contribution is 4.82. The lowest BCUT2D eigenvalue weighted by atomic mass is 9.94. The fraction of sp³-hybridized carbons (Fsp3) is 1.00. The SMILES string of the molecule is CC(C)C(C)C.CC1(C)CC1.CC1C[C@H]1C.CCC(C)(C)C.CCC(C)(C)C.CCC(C)CC.CCC(C)CC.CCC1CC1.CCCC(C)C.CCCC(C)C.CCCCCC. The van der Waals surface area contributed by atoms with Crippen molar-refractivity contribution in [1.29, 1.82) is 0 Å². The normalized spacial score (nSPS) is 16.1. The standard InChI is InChI=1S/8C6H14.3C5H10/c2*1-5-6(2,3)4;1-5(2)6(3)4;2*1-4-5-6(2)3;2*1-4-6(3)5-2;1-3-5-6-4-2;1-5(2)3-4-5;1-4-3-5(4)2;1-2-5-3-4-5/h2*5H2,1-4H3;5-6H,1-4H3;4*6H,4-5H2,1-3H3;3-6H2,1-2H3;3-4H2,1-2H3;4-5H,3H2,1-2H3;5H,2-4H2,1H3/t;;;;;;;;;4-,5?;/m.........1./s1. The Morgan fingerprint density at radius 3 is 0.683 bits per heavy atom. The number of unbranched alkanes of at least 4 members (excludes halogenated alkanes) is 3. The van der Waals surface area contributed by atoms with E-state index < -0.39 is 0 Å². The lowest BCUT2D eigenvalue weighted by molar-refractivity contribution is 0.397. The van der Waals surface area contributed by atoms with E-state index in [1.54, 1.807) is 0 Å². The molecule has 0 aromatic heterocycles. The molecule has 0 N–H and O–H groups in total. The van der Waals surface area contributed by atoms with Crippen LogP contribution in [-0.2, 0) is 0 Å². The first-order valence-corrected chi connectivity index (χ1v) is 28.8. The van der Waals surface area contributed by atoms with Crippen LogP contribution in [0.3, 0.4) is 0 Å². The molecular formula is C63H142. The minimum Gasteiger partial charge on any atom is -0.0654 e. The Morgan fingerprint density at radius 1 is 0.444 bits per heavy atom. The zero-order chi connectivity index (χ0) is 51.8. The van der Waals surface area contributed by atoms with Gasteiger partial charge in [-0.05, 0) is 88.8 Å². The predicted molar refractivity (Wildman–Crippen MR) is 307 cm³/mol. The van der Waals surface area contributed by atoms with E-state index in [1.807, 2.05) is 0 Å². The van der Waals surface area contributed by atoms with Gasteiger partial charge in [-0.2, -0.15) is 0 Å². The molecule has 63 heavy (non-hydrogen) atoms. The summed E-state index contributed by atoms with van der Waals surface area (Å²) in [4.78, 5) is 0. The first kappa shape index (κ1) is 80.1. The van der Waals surface area contributed by atoms with Crippen molar-refractivity contribution in [3.63, 3.8) is 0 Å². The highest BCUT2D eigenvalue weighted by Crippen LogP contribution is 2.43. The topological polar surface area (TPSA) is 0 Å². The molecule has 0 spiro atoms. The molecule has 3 saturated carbocycles. The molecule has 0 nitrogen and oxygen atoms in total. The van der Waals surface area contributed by atoms with Crippen LogP contribution in [0, 0.1) is 69.5 Å². The van der Waals surface area contributed by atoms with Gasteiger partial charge in [-0.15, -0.1) is 0 Å². The summed E-state index contributed by atoms with van der Waals surface area (Å²) in [5.74, 6) is 8.61. The van der Waals surface area contributed by atoms with Crippen LogP contribution in [0.15, 0.2) is 0 Å². The van der Waals surface area contributed by atoms with E-state index in [1.165, 1.54) is 128 Å². The fourth-order valence-electron chi connectivity index (χ4n) is 3.52. The maximum atomic E-state index is 2.30. The molecule has 0 aromatic rings. The first-order valence-electron chi connectivity index (χ1n) is 28.8. The number of hydrogen-bond acceptors (Lipinski definition) is 0. The number of hydrogen-bond donors (Lipinski definition) is 0. The summed E-state index contributed by atoms with van der Waals surface area (Å²) in [6, 6.07) is 0. The molecule has 0 saturated heterocycles. The highest BCUT2D eigenvalue weighted by Gasteiger charge is 2.30. The van der Waals surface area contributed by atoms with E-state index in [9.17, 15) is 0 Å². The van der Waals surface area contributed by atoms with Crippen molar-refractivity contribution in [3.8, 4) is 0 Å². The van der Waals surface area contributed by atoms with Crippen molar-refractivity contribution in [3.05, 3.63) is 0 Å². The van der Waals surface area contributed by atoms with E-state index in [0.717, 1.165) is 58.7 Å². The Morgan fingerprint density at radius 2 is 0.667 bits per heavy atom. The molecule has 3 fully saturated rings. The van der Waals surface area contributed by atoms with Gasteiger partial charge in [0, 0.05) is 0 Å². The smallest absolute Gasteiger partial charge is 0.0354 e. The van der Waals surface area contributed by atoms with Gasteiger partial charge in [0.2, 0.25) is 0 Å². The molecule has 3 aliphatic carbocycles. The van der Waals surface area contributed by atoms with Crippen molar-refractivity contribution in [1.82, 2.24) is 0 Å². The van der Waals surface area contributed by atoms with Crippen LogP contribution in [0.1, 0.15) is 343 Å². The highest BCUT2D eigenvalue weighted by atomic mass is 14.4. The van der Waals surface area contributed by atoms with Crippen LogP contribution in [0.5, 0.6) is 0 Å². The van der Waals surface area contributed by atoms with Gasteiger partial charge in [-0.3, -0.25) is 0 Å². The second-order valence-electron chi connectivity index (χ2n) is 24.9.